The summed E-state index contributed by atoms with van der Waals surface area (Å²) in [4.78, 5) is 17.8. The van der Waals surface area contributed by atoms with Gasteiger partial charge < -0.3 is 24.5 Å². The molecule has 2 N–H and O–H groups in total. The van der Waals surface area contributed by atoms with Gasteiger partial charge in [-0.05, 0) is 19.9 Å². The number of aryl methyl sites for hydroxylation is 1. The van der Waals surface area contributed by atoms with Gasteiger partial charge in [0.05, 0.1) is 19.8 Å². The SMILES string of the molecule is COC(=O)c1cc(CN=C(N)N2CCOC(C)C2)oc1C. The number of rotatable bonds is 3. The highest BCUT2D eigenvalue weighted by Gasteiger charge is 2.19. The number of nitrogens with zero attached hydrogens (tertiary/aromatic N) is 2. The van der Waals surface area contributed by atoms with Crippen molar-refractivity contribution in [1.82, 2.24) is 4.90 Å². The number of nitrogens with two attached hydrogens (primary N) is 1. The standard InChI is InChI=1S/C14H21N3O4/c1-9-8-17(4-5-20-9)14(15)16-7-11-6-12(10(2)21-11)13(18)19-3/h6,9H,4-5,7-8H2,1-3H3,(H2,15,16). The molecule has 1 fully saturated rings. The average molecular weight is 295 g/mol. The van der Waals surface area contributed by atoms with Gasteiger partial charge in [-0.2, -0.15) is 0 Å². The van der Waals surface area contributed by atoms with Crippen molar-refractivity contribution >= 4 is 11.9 Å². The molecule has 1 atom stereocenters. The number of guanidine groups is 1. The van der Waals surface area contributed by atoms with E-state index in [1.165, 1.54) is 7.11 Å². The van der Waals surface area contributed by atoms with E-state index in [1.807, 2.05) is 11.8 Å². The molecule has 116 valence electrons. The topological polar surface area (TPSA) is 90.3 Å². The van der Waals surface area contributed by atoms with Crippen molar-refractivity contribution in [3.05, 3.63) is 23.2 Å². The molecule has 2 heterocycles. The molecule has 1 unspecified atom stereocenters. The highest BCUT2D eigenvalue weighted by atomic mass is 16.5. The van der Waals surface area contributed by atoms with Gasteiger partial charge in [0.25, 0.3) is 0 Å². The minimum absolute atomic E-state index is 0.143. The van der Waals surface area contributed by atoms with E-state index in [9.17, 15) is 4.79 Å². The van der Waals surface area contributed by atoms with E-state index in [4.69, 9.17) is 14.9 Å². The summed E-state index contributed by atoms with van der Waals surface area (Å²) in [5.41, 5.74) is 6.39. The van der Waals surface area contributed by atoms with Crippen LogP contribution in [0.3, 0.4) is 0 Å². The number of aliphatic imine (C=N–C) groups is 1. The second-order valence-electron chi connectivity index (χ2n) is 4.98. The lowest BCUT2D eigenvalue weighted by Crippen LogP contribution is -2.47. The fraction of sp³-hybridized carbons (Fsp3) is 0.571. The Balaban J connectivity index is 2.01. The van der Waals surface area contributed by atoms with Crippen molar-refractivity contribution in [2.24, 2.45) is 10.7 Å². The molecule has 0 spiro atoms. The van der Waals surface area contributed by atoms with Crippen molar-refractivity contribution in [2.75, 3.05) is 26.8 Å². The lowest BCUT2D eigenvalue weighted by atomic mass is 10.2. The Hall–Kier alpha value is -2.02. The van der Waals surface area contributed by atoms with Crippen LogP contribution in [-0.2, 0) is 16.0 Å². The summed E-state index contributed by atoms with van der Waals surface area (Å²) in [5.74, 6) is 1.14. The molecule has 0 bridgehead atoms. The van der Waals surface area contributed by atoms with Crippen LogP contribution >= 0.6 is 0 Å². The van der Waals surface area contributed by atoms with Gasteiger partial charge in [0.15, 0.2) is 5.96 Å². The second kappa shape index (κ2) is 6.62. The normalized spacial score (nSPS) is 19.7. The molecular formula is C14H21N3O4. The maximum absolute atomic E-state index is 11.5. The molecule has 2 rings (SSSR count). The van der Waals surface area contributed by atoms with Crippen molar-refractivity contribution in [3.8, 4) is 0 Å². The van der Waals surface area contributed by atoms with Crippen LogP contribution in [-0.4, -0.2) is 49.7 Å². The Labute approximate surface area is 123 Å². The summed E-state index contributed by atoms with van der Waals surface area (Å²) in [6.45, 7) is 6.09. The number of carbonyl (C=O) groups is 1. The maximum atomic E-state index is 11.5. The van der Waals surface area contributed by atoms with Crippen LogP contribution < -0.4 is 5.73 Å². The van der Waals surface area contributed by atoms with Crippen molar-refractivity contribution in [3.63, 3.8) is 0 Å². The van der Waals surface area contributed by atoms with Crippen LogP contribution in [0.5, 0.6) is 0 Å². The van der Waals surface area contributed by atoms with Gasteiger partial charge in [-0.15, -0.1) is 0 Å². The number of hydrogen-bond acceptors (Lipinski definition) is 5. The molecule has 1 aromatic heterocycles. The molecule has 7 nitrogen and oxygen atoms in total. The van der Waals surface area contributed by atoms with E-state index in [0.29, 0.717) is 29.7 Å². The number of hydrogen-bond donors (Lipinski definition) is 1. The Bertz CT molecular complexity index is 538. The molecule has 0 amide bonds. The first-order valence-electron chi connectivity index (χ1n) is 6.85. The molecule has 0 radical (unpaired) electrons. The van der Waals surface area contributed by atoms with Gasteiger partial charge >= 0.3 is 5.97 Å². The van der Waals surface area contributed by atoms with Gasteiger partial charge in [-0.1, -0.05) is 0 Å². The quantitative estimate of drug-likeness (QED) is 0.506. The van der Waals surface area contributed by atoms with Gasteiger partial charge in [0.1, 0.15) is 23.6 Å². The van der Waals surface area contributed by atoms with Crippen LogP contribution in [0, 0.1) is 6.92 Å². The number of morpholine rings is 1. The van der Waals surface area contributed by atoms with Gasteiger partial charge in [0.2, 0.25) is 0 Å². The first-order valence-corrected chi connectivity index (χ1v) is 6.85. The molecule has 1 aromatic rings. The van der Waals surface area contributed by atoms with E-state index in [0.717, 1.165) is 13.1 Å². The lowest BCUT2D eigenvalue weighted by Gasteiger charge is -2.31. The first kappa shape index (κ1) is 15.4. The Morgan fingerprint density at radius 3 is 3.05 bits per heavy atom. The van der Waals surface area contributed by atoms with E-state index >= 15 is 0 Å². The number of furan rings is 1. The summed E-state index contributed by atoms with van der Waals surface area (Å²) >= 11 is 0. The molecule has 0 aliphatic carbocycles. The van der Waals surface area contributed by atoms with E-state index < -0.39 is 5.97 Å². The zero-order chi connectivity index (χ0) is 15.4. The third-order valence-corrected chi connectivity index (χ3v) is 3.34. The summed E-state index contributed by atoms with van der Waals surface area (Å²) in [6, 6.07) is 1.64. The number of esters is 1. The Kier molecular flexibility index (Phi) is 4.85. The number of methoxy groups -OCH3 is 1. The fourth-order valence-electron chi connectivity index (χ4n) is 2.22. The fourth-order valence-corrected chi connectivity index (χ4v) is 2.22. The van der Waals surface area contributed by atoms with Crippen LogP contribution in [0.1, 0.15) is 28.8 Å². The molecule has 21 heavy (non-hydrogen) atoms. The summed E-state index contributed by atoms with van der Waals surface area (Å²) in [5, 5.41) is 0. The van der Waals surface area contributed by atoms with E-state index in [-0.39, 0.29) is 12.6 Å². The summed E-state index contributed by atoms with van der Waals surface area (Å²) < 4.78 is 15.6. The number of ether oxygens (including phenoxy) is 2. The molecule has 1 aliphatic rings. The predicted molar refractivity (Wildman–Crippen MR) is 77.1 cm³/mol. The third-order valence-electron chi connectivity index (χ3n) is 3.34. The minimum atomic E-state index is -0.415. The zero-order valence-corrected chi connectivity index (χ0v) is 12.6. The summed E-state index contributed by atoms with van der Waals surface area (Å²) in [6.07, 6.45) is 0.143. The third kappa shape index (κ3) is 3.75. The van der Waals surface area contributed by atoms with E-state index in [2.05, 4.69) is 9.73 Å². The summed E-state index contributed by atoms with van der Waals surface area (Å²) in [7, 11) is 1.34. The average Bonchev–Trinajstić information content (AvgIpc) is 2.85. The van der Waals surface area contributed by atoms with Crippen molar-refractivity contribution < 1.29 is 18.7 Å². The Morgan fingerprint density at radius 1 is 1.62 bits per heavy atom. The van der Waals surface area contributed by atoms with Crippen molar-refractivity contribution in [2.45, 2.75) is 26.5 Å². The maximum Gasteiger partial charge on any atom is 0.341 e. The predicted octanol–water partition coefficient (Wildman–Crippen LogP) is 0.910. The smallest absolute Gasteiger partial charge is 0.341 e. The minimum Gasteiger partial charge on any atom is -0.465 e. The molecular weight excluding hydrogens is 274 g/mol. The second-order valence-corrected chi connectivity index (χ2v) is 4.98. The Morgan fingerprint density at radius 2 is 2.38 bits per heavy atom. The molecule has 1 saturated heterocycles. The number of carbonyl (C=O) groups excluding carboxylic acids is 1. The van der Waals surface area contributed by atoms with Crippen LogP contribution in [0.2, 0.25) is 0 Å². The van der Waals surface area contributed by atoms with Crippen LogP contribution in [0.4, 0.5) is 0 Å². The molecule has 0 aromatic carbocycles. The first-order chi connectivity index (χ1) is 10.0. The van der Waals surface area contributed by atoms with Crippen molar-refractivity contribution in [1.29, 1.82) is 0 Å². The van der Waals surface area contributed by atoms with Gasteiger partial charge in [-0.25, -0.2) is 9.79 Å². The molecule has 1 aliphatic heterocycles. The largest absolute Gasteiger partial charge is 0.465 e. The van der Waals surface area contributed by atoms with Gasteiger partial charge in [-0.3, -0.25) is 0 Å². The molecule has 0 saturated carbocycles. The highest BCUT2D eigenvalue weighted by Crippen LogP contribution is 2.16. The monoisotopic (exact) mass is 295 g/mol. The van der Waals surface area contributed by atoms with Gasteiger partial charge in [0, 0.05) is 13.1 Å². The highest BCUT2D eigenvalue weighted by molar-refractivity contribution is 5.90. The molecule has 7 heteroatoms. The van der Waals surface area contributed by atoms with Crippen LogP contribution in [0.25, 0.3) is 0 Å². The van der Waals surface area contributed by atoms with Crippen LogP contribution in [0.15, 0.2) is 15.5 Å². The van der Waals surface area contributed by atoms with E-state index in [1.54, 1.807) is 13.0 Å². The lowest BCUT2D eigenvalue weighted by molar-refractivity contribution is 0.00528. The zero-order valence-electron chi connectivity index (χ0n) is 12.6.